The van der Waals surface area contributed by atoms with Crippen molar-refractivity contribution in [2.75, 3.05) is 0 Å². The zero-order valence-corrected chi connectivity index (χ0v) is 15.6. The number of nitro groups is 1. The number of nitrogens with zero attached hydrogens (tertiary/aromatic N) is 1. The predicted molar refractivity (Wildman–Crippen MR) is 99.7 cm³/mol. The molecule has 0 amide bonds. The standard InChI is InChI=1S/C19H13ClF3NO5/c1-2-3-10-6-18(25)29-16-9-17(14(20)8-12(10)16)28-15-5-4-11(24(26)27)7-13(15)19(21,22)23/h4-9H,2-3H2,1H3. The molecule has 0 radical (unpaired) electrons. The van der Waals surface area contributed by atoms with Gasteiger partial charge in [-0.1, -0.05) is 24.9 Å². The van der Waals surface area contributed by atoms with Gasteiger partial charge in [-0.2, -0.15) is 13.2 Å². The molecule has 3 aromatic rings. The monoisotopic (exact) mass is 427 g/mol. The summed E-state index contributed by atoms with van der Waals surface area (Å²) < 4.78 is 50.5. The van der Waals surface area contributed by atoms with Crippen molar-refractivity contribution >= 4 is 28.3 Å². The van der Waals surface area contributed by atoms with Crippen LogP contribution in [0.25, 0.3) is 11.0 Å². The Balaban J connectivity index is 2.12. The summed E-state index contributed by atoms with van der Waals surface area (Å²) in [5.41, 5.74) is -1.87. The molecule has 0 aliphatic carbocycles. The van der Waals surface area contributed by atoms with Gasteiger partial charge in [0.05, 0.1) is 9.95 Å². The van der Waals surface area contributed by atoms with Gasteiger partial charge in [0, 0.05) is 29.7 Å². The fourth-order valence-electron chi connectivity index (χ4n) is 2.84. The Bertz CT molecular complexity index is 1160. The van der Waals surface area contributed by atoms with Crippen molar-refractivity contribution in [1.29, 1.82) is 0 Å². The molecule has 0 saturated carbocycles. The molecule has 6 nitrogen and oxygen atoms in total. The summed E-state index contributed by atoms with van der Waals surface area (Å²) >= 11 is 6.18. The van der Waals surface area contributed by atoms with E-state index in [1.54, 1.807) is 0 Å². The number of nitro benzene ring substituents is 1. The zero-order chi connectivity index (χ0) is 21.3. The van der Waals surface area contributed by atoms with Crippen molar-refractivity contribution in [3.8, 4) is 11.5 Å². The van der Waals surface area contributed by atoms with Gasteiger partial charge >= 0.3 is 11.8 Å². The van der Waals surface area contributed by atoms with E-state index in [0.717, 1.165) is 18.6 Å². The second kappa shape index (κ2) is 7.75. The first-order chi connectivity index (χ1) is 13.6. The van der Waals surface area contributed by atoms with E-state index in [1.807, 2.05) is 6.92 Å². The van der Waals surface area contributed by atoms with E-state index in [4.69, 9.17) is 20.8 Å². The van der Waals surface area contributed by atoms with E-state index in [0.29, 0.717) is 23.4 Å². The summed E-state index contributed by atoms with van der Waals surface area (Å²) in [5.74, 6) is -0.855. The molecular weight excluding hydrogens is 415 g/mol. The summed E-state index contributed by atoms with van der Waals surface area (Å²) in [7, 11) is 0. The first-order valence-corrected chi connectivity index (χ1v) is 8.77. The van der Waals surface area contributed by atoms with Gasteiger partial charge in [0.25, 0.3) is 5.69 Å². The molecule has 1 heterocycles. The van der Waals surface area contributed by atoms with E-state index in [-0.39, 0.29) is 16.4 Å². The normalized spacial score (nSPS) is 11.6. The molecule has 2 aromatic carbocycles. The number of alkyl halides is 3. The third kappa shape index (κ3) is 4.34. The lowest BCUT2D eigenvalue weighted by atomic mass is 10.1. The van der Waals surface area contributed by atoms with Crippen molar-refractivity contribution in [1.82, 2.24) is 0 Å². The minimum absolute atomic E-state index is 0.00446. The summed E-state index contributed by atoms with van der Waals surface area (Å²) in [5, 5.41) is 11.3. The number of hydrogen-bond donors (Lipinski definition) is 0. The van der Waals surface area contributed by atoms with Crippen LogP contribution in [0.15, 0.2) is 45.6 Å². The van der Waals surface area contributed by atoms with Gasteiger partial charge < -0.3 is 9.15 Å². The summed E-state index contributed by atoms with van der Waals surface area (Å²) in [6.07, 6.45) is -3.56. The lowest BCUT2D eigenvalue weighted by Gasteiger charge is -2.15. The topological polar surface area (TPSA) is 82.6 Å². The van der Waals surface area contributed by atoms with Crippen LogP contribution in [0.5, 0.6) is 11.5 Å². The Morgan fingerprint density at radius 1 is 1.17 bits per heavy atom. The Labute approximate surface area is 166 Å². The second-order valence-electron chi connectivity index (χ2n) is 6.16. The second-order valence-corrected chi connectivity index (χ2v) is 6.56. The fourth-order valence-corrected chi connectivity index (χ4v) is 3.05. The number of benzene rings is 2. The smallest absolute Gasteiger partial charge is 0.420 e. The summed E-state index contributed by atoms with van der Waals surface area (Å²) in [4.78, 5) is 21.6. The molecule has 0 spiro atoms. The Morgan fingerprint density at radius 3 is 2.52 bits per heavy atom. The molecular formula is C19H13ClF3NO5. The van der Waals surface area contributed by atoms with Crippen LogP contribution in [-0.4, -0.2) is 4.92 Å². The highest BCUT2D eigenvalue weighted by atomic mass is 35.5. The van der Waals surface area contributed by atoms with Crippen LogP contribution in [-0.2, 0) is 12.6 Å². The van der Waals surface area contributed by atoms with E-state index < -0.39 is 33.7 Å². The van der Waals surface area contributed by atoms with Gasteiger partial charge in [0.15, 0.2) is 0 Å². The molecule has 10 heteroatoms. The number of non-ortho nitro benzene ring substituents is 1. The molecule has 0 N–H and O–H groups in total. The van der Waals surface area contributed by atoms with Crippen molar-refractivity contribution in [2.45, 2.75) is 25.9 Å². The van der Waals surface area contributed by atoms with Crippen LogP contribution in [0, 0.1) is 10.1 Å². The predicted octanol–water partition coefficient (Wildman–Crippen LogP) is 6.12. The minimum Gasteiger partial charge on any atom is -0.455 e. The van der Waals surface area contributed by atoms with Crippen LogP contribution in [0.4, 0.5) is 18.9 Å². The average Bonchev–Trinajstić information content (AvgIpc) is 2.62. The third-order valence-corrected chi connectivity index (χ3v) is 4.40. The number of fused-ring (bicyclic) bond motifs is 1. The maximum absolute atomic E-state index is 13.3. The zero-order valence-electron chi connectivity index (χ0n) is 14.9. The number of hydrogen-bond acceptors (Lipinski definition) is 5. The van der Waals surface area contributed by atoms with Crippen LogP contribution in [0.3, 0.4) is 0 Å². The lowest BCUT2D eigenvalue weighted by Crippen LogP contribution is -2.08. The minimum atomic E-state index is -4.90. The van der Waals surface area contributed by atoms with Crippen LogP contribution in [0.2, 0.25) is 5.02 Å². The molecule has 0 aliphatic heterocycles. The molecule has 1 aromatic heterocycles. The van der Waals surface area contributed by atoms with E-state index in [9.17, 15) is 28.1 Å². The molecule has 152 valence electrons. The van der Waals surface area contributed by atoms with Crippen molar-refractivity contribution in [3.63, 3.8) is 0 Å². The number of aryl methyl sites for hydroxylation is 1. The quantitative estimate of drug-likeness (QED) is 0.278. The molecule has 0 bridgehead atoms. The van der Waals surface area contributed by atoms with Crippen LogP contribution < -0.4 is 10.4 Å². The van der Waals surface area contributed by atoms with Crippen LogP contribution >= 0.6 is 11.6 Å². The molecule has 0 fully saturated rings. The highest BCUT2D eigenvalue weighted by Gasteiger charge is 2.36. The van der Waals surface area contributed by atoms with Crippen LogP contribution in [0.1, 0.15) is 24.5 Å². The fraction of sp³-hybridized carbons (Fsp3) is 0.211. The molecule has 0 atom stereocenters. The Kier molecular flexibility index (Phi) is 5.52. The maximum Gasteiger partial charge on any atom is 0.420 e. The molecule has 0 unspecified atom stereocenters. The Hall–Kier alpha value is -3.07. The number of ether oxygens (including phenoxy) is 1. The third-order valence-electron chi connectivity index (χ3n) is 4.10. The Morgan fingerprint density at radius 2 is 1.90 bits per heavy atom. The van der Waals surface area contributed by atoms with Crippen molar-refractivity contribution in [2.24, 2.45) is 0 Å². The molecule has 29 heavy (non-hydrogen) atoms. The molecule has 0 aliphatic rings. The van der Waals surface area contributed by atoms with E-state index in [1.165, 1.54) is 18.2 Å². The van der Waals surface area contributed by atoms with Gasteiger partial charge in [0.1, 0.15) is 22.6 Å². The van der Waals surface area contributed by atoms with Crippen molar-refractivity contribution in [3.05, 3.63) is 73.1 Å². The van der Waals surface area contributed by atoms with Gasteiger partial charge in [-0.15, -0.1) is 0 Å². The highest BCUT2D eigenvalue weighted by molar-refractivity contribution is 6.32. The summed E-state index contributed by atoms with van der Waals surface area (Å²) in [6, 6.07) is 6.10. The first kappa shape index (κ1) is 20.7. The SMILES string of the molecule is CCCc1cc(=O)oc2cc(Oc3ccc([N+](=O)[O-])cc3C(F)(F)F)c(Cl)cc12. The maximum atomic E-state index is 13.3. The van der Waals surface area contributed by atoms with Gasteiger partial charge in [-0.05, 0) is 24.1 Å². The largest absolute Gasteiger partial charge is 0.455 e. The van der Waals surface area contributed by atoms with Crippen molar-refractivity contribution < 1.29 is 27.2 Å². The van der Waals surface area contributed by atoms with E-state index in [2.05, 4.69) is 0 Å². The van der Waals surface area contributed by atoms with Gasteiger partial charge in [-0.25, -0.2) is 4.79 Å². The number of rotatable bonds is 5. The molecule has 0 saturated heterocycles. The lowest BCUT2D eigenvalue weighted by molar-refractivity contribution is -0.385. The van der Waals surface area contributed by atoms with E-state index >= 15 is 0 Å². The first-order valence-electron chi connectivity index (χ1n) is 8.40. The number of halogens is 4. The van der Waals surface area contributed by atoms with Gasteiger partial charge in [0.2, 0.25) is 0 Å². The average molecular weight is 428 g/mol. The van der Waals surface area contributed by atoms with Gasteiger partial charge in [-0.3, -0.25) is 10.1 Å². The molecule has 3 rings (SSSR count). The highest BCUT2D eigenvalue weighted by Crippen LogP contribution is 2.42. The summed E-state index contributed by atoms with van der Waals surface area (Å²) in [6.45, 7) is 1.92.